The number of amides is 1. The van der Waals surface area contributed by atoms with Crippen LogP contribution in [0.3, 0.4) is 0 Å². The Morgan fingerprint density at radius 2 is 1.84 bits per heavy atom. The van der Waals surface area contributed by atoms with Gasteiger partial charge in [-0.1, -0.05) is 6.92 Å². The van der Waals surface area contributed by atoms with Crippen LogP contribution in [0, 0.1) is 0 Å². The van der Waals surface area contributed by atoms with Crippen LogP contribution in [0.25, 0.3) is 0 Å². The molecule has 0 spiro atoms. The minimum Gasteiger partial charge on any atom is -0.339 e. The summed E-state index contributed by atoms with van der Waals surface area (Å²) in [5.41, 5.74) is 5.72. The van der Waals surface area contributed by atoms with E-state index < -0.39 is 0 Å². The fraction of sp³-hybridized carbons (Fsp3) is 0.929. The zero-order valence-corrected chi connectivity index (χ0v) is 13.0. The molecule has 1 rings (SSSR count). The largest absolute Gasteiger partial charge is 0.339 e. The van der Waals surface area contributed by atoms with Crippen LogP contribution < -0.4 is 5.73 Å². The third-order valence-corrected chi connectivity index (χ3v) is 4.03. The van der Waals surface area contributed by atoms with Gasteiger partial charge in [-0.2, -0.15) is 0 Å². The van der Waals surface area contributed by atoms with Crippen LogP contribution in [0.15, 0.2) is 0 Å². The van der Waals surface area contributed by atoms with Gasteiger partial charge in [-0.05, 0) is 33.9 Å². The molecule has 0 unspecified atom stereocenters. The normalized spacial score (nSPS) is 18.1. The van der Waals surface area contributed by atoms with Crippen LogP contribution in [0.2, 0.25) is 0 Å². The van der Waals surface area contributed by atoms with Gasteiger partial charge in [-0.3, -0.25) is 9.69 Å². The molecule has 0 aromatic carbocycles. The Morgan fingerprint density at radius 3 is 2.32 bits per heavy atom. The molecule has 1 aliphatic rings. The molecule has 1 saturated heterocycles. The van der Waals surface area contributed by atoms with Gasteiger partial charge < -0.3 is 15.5 Å². The van der Waals surface area contributed by atoms with E-state index >= 15 is 0 Å². The second kappa shape index (κ2) is 7.22. The van der Waals surface area contributed by atoms with Crippen LogP contribution >= 0.6 is 0 Å². The summed E-state index contributed by atoms with van der Waals surface area (Å²) in [6.45, 7) is 12.0. The minimum absolute atomic E-state index is 0.113. The van der Waals surface area contributed by atoms with Gasteiger partial charge in [0.15, 0.2) is 0 Å². The highest BCUT2D eigenvalue weighted by Crippen LogP contribution is 2.14. The van der Waals surface area contributed by atoms with E-state index in [1.165, 1.54) is 0 Å². The van der Waals surface area contributed by atoms with E-state index in [4.69, 9.17) is 5.73 Å². The lowest BCUT2D eigenvalue weighted by Crippen LogP contribution is -2.55. The number of nitrogens with zero attached hydrogens (tertiary/aromatic N) is 3. The minimum atomic E-state index is -0.113. The first-order valence-corrected chi connectivity index (χ1v) is 7.32. The molecule has 0 saturated carbocycles. The molecule has 1 fully saturated rings. The summed E-state index contributed by atoms with van der Waals surface area (Å²) in [6, 6.07) is 0. The summed E-state index contributed by atoms with van der Waals surface area (Å²) < 4.78 is 0. The van der Waals surface area contributed by atoms with Crippen molar-refractivity contribution in [2.24, 2.45) is 5.73 Å². The number of nitrogens with two attached hydrogens (primary N) is 1. The highest BCUT2D eigenvalue weighted by Gasteiger charge is 2.28. The molecule has 1 amide bonds. The van der Waals surface area contributed by atoms with E-state index in [0.29, 0.717) is 13.1 Å². The second-order valence-electron chi connectivity index (χ2n) is 6.12. The van der Waals surface area contributed by atoms with Gasteiger partial charge in [-0.25, -0.2) is 0 Å². The quantitative estimate of drug-likeness (QED) is 0.750. The van der Waals surface area contributed by atoms with E-state index in [0.717, 1.165) is 39.1 Å². The van der Waals surface area contributed by atoms with Gasteiger partial charge in [0.2, 0.25) is 5.91 Å². The summed E-state index contributed by atoms with van der Waals surface area (Å²) in [5, 5.41) is 0. The van der Waals surface area contributed by atoms with Crippen molar-refractivity contribution >= 4 is 5.91 Å². The van der Waals surface area contributed by atoms with E-state index in [9.17, 15) is 4.79 Å². The zero-order valence-electron chi connectivity index (χ0n) is 13.0. The lowest BCUT2D eigenvalue weighted by molar-refractivity contribution is -0.135. The van der Waals surface area contributed by atoms with Gasteiger partial charge in [0.25, 0.3) is 0 Å². The summed E-state index contributed by atoms with van der Waals surface area (Å²) >= 11 is 0. The number of carbonyl (C=O) groups is 1. The van der Waals surface area contributed by atoms with Crippen LogP contribution in [0.1, 0.15) is 27.2 Å². The Bertz CT molecular complexity index is 285. The zero-order chi connectivity index (χ0) is 14.5. The molecule has 0 bridgehead atoms. The van der Waals surface area contributed by atoms with Gasteiger partial charge in [0.05, 0.1) is 6.54 Å². The van der Waals surface area contributed by atoms with E-state index in [-0.39, 0.29) is 11.4 Å². The number of carbonyl (C=O) groups excluding carboxylic acids is 1. The van der Waals surface area contributed by atoms with Gasteiger partial charge >= 0.3 is 0 Å². The Kier molecular flexibility index (Phi) is 6.23. The SMILES string of the molecule is CCCN(CC(=O)N1CCN(C)CC1)C(C)(C)CN. The molecule has 0 radical (unpaired) electrons. The monoisotopic (exact) mass is 270 g/mol. The average Bonchev–Trinajstić information content (AvgIpc) is 2.38. The van der Waals surface area contributed by atoms with Gasteiger partial charge in [0.1, 0.15) is 0 Å². The average molecular weight is 270 g/mol. The van der Waals surface area contributed by atoms with Crippen LogP contribution in [0.5, 0.6) is 0 Å². The summed E-state index contributed by atoms with van der Waals surface area (Å²) in [7, 11) is 2.10. The molecule has 0 atom stereocenters. The number of hydrogen-bond donors (Lipinski definition) is 1. The molecule has 5 heteroatoms. The number of rotatable bonds is 6. The Labute approximate surface area is 117 Å². The predicted molar refractivity (Wildman–Crippen MR) is 79.1 cm³/mol. The number of piperazine rings is 1. The molecule has 0 aliphatic carbocycles. The van der Waals surface area contributed by atoms with Gasteiger partial charge in [-0.15, -0.1) is 0 Å². The van der Waals surface area contributed by atoms with Crippen LogP contribution in [-0.4, -0.2) is 79.0 Å². The molecule has 112 valence electrons. The summed E-state index contributed by atoms with van der Waals surface area (Å²) in [4.78, 5) is 18.8. The second-order valence-corrected chi connectivity index (χ2v) is 6.12. The Hall–Kier alpha value is -0.650. The Balaban J connectivity index is 2.56. The lowest BCUT2D eigenvalue weighted by Gasteiger charge is -2.39. The lowest BCUT2D eigenvalue weighted by atomic mass is 10.0. The topological polar surface area (TPSA) is 52.8 Å². The molecule has 1 heterocycles. The van der Waals surface area contributed by atoms with E-state index in [2.05, 4.69) is 37.6 Å². The first-order chi connectivity index (χ1) is 8.90. The first kappa shape index (κ1) is 16.4. The fourth-order valence-electron chi connectivity index (χ4n) is 2.31. The maximum Gasteiger partial charge on any atom is 0.236 e. The smallest absolute Gasteiger partial charge is 0.236 e. The van der Waals surface area contributed by atoms with Crippen molar-refractivity contribution in [2.45, 2.75) is 32.7 Å². The van der Waals surface area contributed by atoms with Crippen molar-refractivity contribution < 1.29 is 4.79 Å². The molecular formula is C14H30N4O. The first-order valence-electron chi connectivity index (χ1n) is 7.32. The number of likely N-dealkylation sites (N-methyl/N-ethyl adjacent to an activating group) is 1. The number of hydrogen-bond acceptors (Lipinski definition) is 4. The van der Waals surface area contributed by atoms with Crippen molar-refractivity contribution in [1.29, 1.82) is 0 Å². The van der Waals surface area contributed by atoms with Crippen molar-refractivity contribution in [3.63, 3.8) is 0 Å². The standard InChI is InChI=1S/C14H30N4O/c1-5-6-18(14(2,3)12-15)11-13(19)17-9-7-16(4)8-10-17/h5-12,15H2,1-4H3. The molecular weight excluding hydrogens is 240 g/mol. The maximum absolute atomic E-state index is 12.4. The molecule has 2 N–H and O–H groups in total. The fourth-order valence-corrected chi connectivity index (χ4v) is 2.31. The third-order valence-electron chi connectivity index (χ3n) is 4.03. The van der Waals surface area contributed by atoms with Crippen LogP contribution in [-0.2, 0) is 4.79 Å². The summed E-state index contributed by atoms with van der Waals surface area (Å²) in [5.74, 6) is 0.239. The predicted octanol–water partition coefficient (Wildman–Crippen LogP) is 0.210. The molecule has 1 aliphatic heterocycles. The Morgan fingerprint density at radius 1 is 1.26 bits per heavy atom. The maximum atomic E-state index is 12.4. The van der Waals surface area contributed by atoms with Gasteiger partial charge in [0, 0.05) is 38.3 Å². The van der Waals surface area contributed by atoms with E-state index in [1.807, 2.05) is 4.90 Å². The molecule has 19 heavy (non-hydrogen) atoms. The van der Waals surface area contributed by atoms with E-state index in [1.54, 1.807) is 0 Å². The third kappa shape index (κ3) is 4.75. The van der Waals surface area contributed by atoms with Crippen molar-refractivity contribution in [2.75, 3.05) is 52.9 Å². The summed E-state index contributed by atoms with van der Waals surface area (Å²) in [6.07, 6.45) is 1.04. The van der Waals surface area contributed by atoms with Crippen LogP contribution in [0.4, 0.5) is 0 Å². The van der Waals surface area contributed by atoms with Crippen molar-refractivity contribution in [3.8, 4) is 0 Å². The van der Waals surface area contributed by atoms with Crippen molar-refractivity contribution in [1.82, 2.24) is 14.7 Å². The molecule has 0 aromatic rings. The highest BCUT2D eigenvalue weighted by molar-refractivity contribution is 5.78. The highest BCUT2D eigenvalue weighted by atomic mass is 16.2. The molecule has 0 aromatic heterocycles. The van der Waals surface area contributed by atoms with Crippen molar-refractivity contribution in [3.05, 3.63) is 0 Å². The molecule has 5 nitrogen and oxygen atoms in total.